The van der Waals surface area contributed by atoms with E-state index in [-0.39, 0.29) is 0 Å². The maximum Gasteiger partial charge on any atom is 0.0618 e. The summed E-state index contributed by atoms with van der Waals surface area (Å²) in [5.74, 6) is 0. The van der Waals surface area contributed by atoms with Crippen molar-refractivity contribution in [3.63, 3.8) is 0 Å². The van der Waals surface area contributed by atoms with E-state index in [1.807, 2.05) is 0 Å². The Morgan fingerprint density at radius 1 is 0.267 bits per heavy atom. The topological polar surface area (TPSA) is 20.2 Å². The van der Waals surface area contributed by atoms with E-state index < -0.39 is 0 Å². The SMILES string of the molecule is c1ccc(-c2cc(Nc3c(-c4ccccc4)cccc3-c3ccccc3)cc(N(c3cccc(-c4ccc5c(c4)c4ccccc4n5-c4ccccc4)c3)c3c(-c4ccccc4)cccc3-c3ccccc3)c2)cc1. The van der Waals surface area contributed by atoms with Crippen LogP contribution < -0.4 is 10.2 Å². The first-order valence-electron chi connectivity index (χ1n) is 25.7. The Morgan fingerprint density at radius 3 is 1.29 bits per heavy atom. The largest absolute Gasteiger partial charge is 0.354 e. The lowest BCUT2D eigenvalue weighted by Gasteiger charge is -2.31. The molecule has 354 valence electrons. The number of para-hydroxylation sites is 4. The van der Waals surface area contributed by atoms with Crippen LogP contribution in [0.5, 0.6) is 0 Å². The number of anilines is 5. The third-order valence-corrected chi connectivity index (χ3v) is 14.3. The Balaban J connectivity index is 1.06. The molecule has 13 rings (SSSR count). The van der Waals surface area contributed by atoms with E-state index in [9.17, 15) is 0 Å². The summed E-state index contributed by atoms with van der Waals surface area (Å²) in [5.41, 5.74) is 22.2. The maximum absolute atomic E-state index is 4.09. The number of rotatable bonds is 12. The van der Waals surface area contributed by atoms with Gasteiger partial charge in [-0.15, -0.1) is 0 Å². The highest BCUT2D eigenvalue weighted by Crippen LogP contribution is 2.49. The second-order valence-corrected chi connectivity index (χ2v) is 19.0. The summed E-state index contributed by atoms with van der Waals surface area (Å²) in [6, 6.07) is 110. The number of nitrogens with zero attached hydrogens (tertiary/aromatic N) is 2. The van der Waals surface area contributed by atoms with Crippen molar-refractivity contribution in [3.05, 3.63) is 303 Å². The first kappa shape index (κ1) is 44.9. The second-order valence-electron chi connectivity index (χ2n) is 19.0. The van der Waals surface area contributed by atoms with Crippen molar-refractivity contribution >= 4 is 50.2 Å². The van der Waals surface area contributed by atoms with Gasteiger partial charge in [0.1, 0.15) is 0 Å². The van der Waals surface area contributed by atoms with Crippen LogP contribution in [0.2, 0.25) is 0 Å². The molecule has 0 aliphatic rings. The molecule has 3 nitrogen and oxygen atoms in total. The fourth-order valence-electron chi connectivity index (χ4n) is 10.9. The number of nitrogens with one attached hydrogen (secondary N) is 1. The van der Waals surface area contributed by atoms with Crippen molar-refractivity contribution in [3.8, 4) is 72.4 Å². The molecule has 1 heterocycles. The number of hydrogen-bond acceptors (Lipinski definition) is 2. The van der Waals surface area contributed by atoms with Gasteiger partial charge in [0.2, 0.25) is 0 Å². The van der Waals surface area contributed by atoms with Gasteiger partial charge in [0.25, 0.3) is 0 Å². The van der Waals surface area contributed by atoms with E-state index in [1.54, 1.807) is 0 Å². The van der Waals surface area contributed by atoms with Crippen LogP contribution in [0.3, 0.4) is 0 Å². The van der Waals surface area contributed by atoms with Gasteiger partial charge in [-0.1, -0.05) is 243 Å². The van der Waals surface area contributed by atoms with Crippen LogP contribution in [0.1, 0.15) is 0 Å². The van der Waals surface area contributed by atoms with Crippen LogP contribution in [0, 0.1) is 0 Å². The van der Waals surface area contributed by atoms with Crippen LogP contribution in [-0.4, -0.2) is 4.57 Å². The average molecular weight is 958 g/mol. The molecule has 1 N–H and O–H groups in total. The Hall–Kier alpha value is -9.96. The predicted molar refractivity (Wildman–Crippen MR) is 318 cm³/mol. The van der Waals surface area contributed by atoms with E-state index in [1.165, 1.54) is 21.8 Å². The zero-order chi connectivity index (χ0) is 49.9. The molecule has 0 bridgehead atoms. The minimum Gasteiger partial charge on any atom is -0.354 e. The standard InChI is InChI=1S/C72H51N3/c1-7-24-51(25-8-1)58-46-59(73-71-63(52-26-9-2-10-27-52)39-22-40-64(71)53-28-11-3-12-29-53)50-62(48-58)74(72-65(54-30-13-4-14-31-54)41-23-42-66(72)55-32-15-5-16-33-55)61-37-21-34-56(47-61)57-44-45-70-68(49-57)67-38-19-20-43-69(67)75(70)60-35-17-6-18-36-60/h1-50,73H. The van der Waals surface area contributed by atoms with Gasteiger partial charge in [-0.05, 0) is 105 Å². The third kappa shape index (κ3) is 8.73. The number of fused-ring (bicyclic) bond motifs is 3. The van der Waals surface area contributed by atoms with E-state index in [0.29, 0.717) is 0 Å². The van der Waals surface area contributed by atoms with Crippen molar-refractivity contribution in [2.75, 3.05) is 10.2 Å². The smallest absolute Gasteiger partial charge is 0.0618 e. The molecule has 0 unspecified atom stereocenters. The summed E-state index contributed by atoms with van der Waals surface area (Å²) in [4.78, 5) is 2.49. The fourth-order valence-corrected chi connectivity index (χ4v) is 10.9. The first-order chi connectivity index (χ1) is 37.2. The van der Waals surface area contributed by atoms with Gasteiger partial charge in [-0.25, -0.2) is 0 Å². The molecular formula is C72H51N3. The molecule has 0 saturated heterocycles. The van der Waals surface area contributed by atoms with Crippen molar-refractivity contribution in [2.45, 2.75) is 0 Å². The molecule has 0 fully saturated rings. The second kappa shape index (κ2) is 19.9. The van der Waals surface area contributed by atoms with Crippen molar-refractivity contribution in [1.82, 2.24) is 4.57 Å². The lowest BCUT2D eigenvalue weighted by molar-refractivity contribution is 1.18. The van der Waals surface area contributed by atoms with Crippen molar-refractivity contribution in [2.24, 2.45) is 0 Å². The van der Waals surface area contributed by atoms with Crippen LogP contribution in [0.15, 0.2) is 303 Å². The Kier molecular flexibility index (Phi) is 11.9. The van der Waals surface area contributed by atoms with Crippen LogP contribution in [0.25, 0.3) is 94.3 Å². The monoisotopic (exact) mass is 957 g/mol. The summed E-state index contributed by atoms with van der Waals surface area (Å²) in [6.45, 7) is 0. The van der Waals surface area contributed by atoms with Crippen LogP contribution in [-0.2, 0) is 0 Å². The van der Waals surface area contributed by atoms with Gasteiger partial charge in [0.05, 0.1) is 22.4 Å². The van der Waals surface area contributed by atoms with Gasteiger partial charge < -0.3 is 14.8 Å². The third-order valence-electron chi connectivity index (χ3n) is 14.3. The molecule has 13 aromatic rings. The molecule has 0 aliphatic carbocycles. The molecule has 12 aromatic carbocycles. The first-order valence-corrected chi connectivity index (χ1v) is 25.7. The number of benzene rings is 12. The molecule has 75 heavy (non-hydrogen) atoms. The predicted octanol–water partition coefficient (Wildman–Crippen LogP) is 20.0. The molecular weight excluding hydrogens is 907 g/mol. The molecule has 0 amide bonds. The van der Waals surface area contributed by atoms with E-state index in [2.05, 4.69) is 318 Å². The summed E-state index contributed by atoms with van der Waals surface area (Å²) in [5, 5.41) is 6.53. The zero-order valence-electron chi connectivity index (χ0n) is 41.3. The van der Waals surface area contributed by atoms with E-state index in [0.717, 1.165) is 101 Å². The molecule has 1 aromatic heterocycles. The van der Waals surface area contributed by atoms with Crippen molar-refractivity contribution < 1.29 is 0 Å². The van der Waals surface area contributed by atoms with Gasteiger partial charge >= 0.3 is 0 Å². The molecule has 0 atom stereocenters. The van der Waals surface area contributed by atoms with Crippen LogP contribution in [0.4, 0.5) is 28.4 Å². The molecule has 0 saturated carbocycles. The highest BCUT2D eigenvalue weighted by atomic mass is 15.1. The summed E-state index contributed by atoms with van der Waals surface area (Å²) in [6.07, 6.45) is 0. The van der Waals surface area contributed by atoms with Crippen LogP contribution >= 0.6 is 0 Å². The minimum atomic E-state index is 0.965. The van der Waals surface area contributed by atoms with Gasteiger partial charge in [-0.3, -0.25) is 0 Å². The van der Waals surface area contributed by atoms with Gasteiger partial charge in [0, 0.05) is 55.8 Å². The molecule has 0 radical (unpaired) electrons. The molecule has 0 spiro atoms. The number of hydrogen-bond donors (Lipinski definition) is 1. The van der Waals surface area contributed by atoms with Gasteiger partial charge in [-0.2, -0.15) is 0 Å². The highest BCUT2D eigenvalue weighted by molar-refractivity contribution is 6.11. The Morgan fingerprint density at radius 2 is 0.707 bits per heavy atom. The van der Waals surface area contributed by atoms with E-state index >= 15 is 0 Å². The minimum absolute atomic E-state index is 0.965. The fraction of sp³-hybridized carbons (Fsp3) is 0. The van der Waals surface area contributed by atoms with Gasteiger partial charge in [0.15, 0.2) is 0 Å². The lowest BCUT2D eigenvalue weighted by Crippen LogP contribution is -2.13. The molecule has 0 aliphatic heterocycles. The average Bonchev–Trinajstić information content (AvgIpc) is 3.83. The normalized spacial score (nSPS) is 11.2. The highest BCUT2D eigenvalue weighted by Gasteiger charge is 2.25. The summed E-state index contributed by atoms with van der Waals surface area (Å²) < 4.78 is 2.38. The summed E-state index contributed by atoms with van der Waals surface area (Å²) >= 11 is 0. The Labute approximate surface area is 438 Å². The van der Waals surface area contributed by atoms with Crippen molar-refractivity contribution in [1.29, 1.82) is 0 Å². The number of aromatic nitrogens is 1. The quantitative estimate of drug-likeness (QED) is 0.132. The van der Waals surface area contributed by atoms with E-state index in [4.69, 9.17) is 0 Å². The molecule has 3 heteroatoms. The summed E-state index contributed by atoms with van der Waals surface area (Å²) in [7, 11) is 0. The lowest BCUT2D eigenvalue weighted by atomic mass is 9.93. The Bertz CT molecular complexity index is 4000. The maximum atomic E-state index is 4.09. The zero-order valence-corrected chi connectivity index (χ0v) is 41.3.